The van der Waals surface area contributed by atoms with Gasteiger partial charge in [-0.2, -0.15) is 0 Å². The standard InChI is InChI=1S/C9H12O2/c10-8-3-1-2-6-7(8)4-5-9(6)11/h6-7H,1-5H2/t6-,7-/m0/s1. The Morgan fingerprint density at radius 2 is 1.55 bits per heavy atom. The van der Waals surface area contributed by atoms with Gasteiger partial charge in [-0.15, -0.1) is 0 Å². The fraction of sp³-hybridized carbons (Fsp3) is 0.778. The monoisotopic (exact) mass is 152 g/mol. The van der Waals surface area contributed by atoms with E-state index in [1.165, 1.54) is 0 Å². The molecule has 2 aliphatic rings. The molecule has 2 atom stereocenters. The Morgan fingerprint density at radius 1 is 0.909 bits per heavy atom. The predicted octanol–water partition coefficient (Wildman–Crippen LogP) is 1.33. The van der Waals surface area contributed by atoms with Crippen LogP contribution in [0.3, 0.4) is 0 Å². The maximum Gasteiger partial charge on any atom is 0.136 e. The number of Topliss-reactive ketones (excluding diaryl/α,β-unsaturated/α-hetero) is 2. The van der Waals surface area contributed by atoms with Crippen molar-refractivity contribution in [1.29, 1.82) is 0 Å². The molecule has 11 heavy (non-hydrogen) atoms. The maximum atomic E-state index is 11.3. The van der Waals surface area contributed by atoms with Gasteiger partial charge in [0.05, 0.1) is 0 Å². The van der Waals surface area contributed by atoms with E-state index in [2.05, 4.69) is 0 Å². The molecule has 0 saturated heterocycles. The van der Waals surface area contributed by atoms with Crippen LogP contribution in [0.2, 0.25) is 0 Å². The zero-order valence-corrected chi connectivity index (χ0v) is 6.51. The molecule has 0 unspecified atom stereocenters. The summed E-state index contributed by atoms with van der Waals surface area (Å²) in [6.07, 6.45) is 4.11. The summed E-state index contributed by atoms with van der Waals surface area (Å²) in [4.78, 5) is 22.5. The Hall–Kier alpha value is -0.660. The highest BCUT2D eigenvalue weighted by molar-refractivity contribution is 5.93. The first-order valence-electron chi connectivity index (χ1n) is 4.34. The first-order chi connectivity index (χ1) is 5.29. The van der Waals surface area contributed by atoms with Crippen LogP contribution in [-0.4, -0.2) is 11.6 Å². The van der Waals surface area contributed by atoms with Crippen molar-refractivity contribution in [3.05, 3.63) is 0 Å². The Bertz CT molecular complexity index is 208. The van der Waals surface area contributed by atoms with Gasteiger partial charge < -0.3 is 0 Å². The zero-order chi connectivity index (χ0) is 7.84. The first-order valence-corrected chi connectivity index (χ1v) is 4.34. The molecule has 60 valence electrons. The molecule has 0 spiro atoms. The topological polar surface area (TPSA) is 34.1 Å². The second-order valence-corrected chi connectivity index (χ2v) is 3.58. The lowest BCUT2D eigenvalue weighted by Gasteiger charge is -2.21. The molecule has 0 aromatic rings. The third-order valence-corrected chi connectivity index (χ3v) is 2.95. The third kappa shape index (κ3) is 1.01. The molecule has 0 bridgehead atoms. The largest absolute Gasteiger partial charge is 0.299 e. The van der Waals surface area contributed by atoms with Crippen LogP contribution >= 0.6 is 0 Å². The summed E-state index contributed by atoms with van der Waals surface area (Å²) < 4.78 is 0. The summed E-state index contributed by atoms with van der Waals surface area (Å²) in [5, 5.41) is 0. The lowest BCUT2D eigenvalue weighted by Crippen LogP contribution is -2.26. The molecule has 2 nitrogen and oxygen atoms in total. The Kier molecular flexibility index (Phi) is 1.55. The van der Waals surface area contributed by atoms with Crippen molar-refractivity contribution in [3.63, 3.8) is 0 Å². The van der Waals surface area contributed by atoms with Crippen LogP contribution < -0.4 is 0 Å². The van der Waals surface area contributed by atoms with Crippen molar-refractivity contribution < 1.29 is 9.59 Å². The predicted molar refractivity (Wildman–Crippen MR) is 40.1 cm³/mol. The molecule has 0 amide bonds. The van der Waals surface area contributed by atoms with Gasteiger partial charge in [-0.05, 0) is 19.3 Å². The smallest absolute Gasteiger partial charge is 0.136 e. The van der Waals surface area contributed by atoms with Gasteiger partial charge in [0.1, 0.15) is 11.6 Å². The van der Waals surface area contributed by atoms with Gasteiger partial charge in [0.2, 0.25) is 0 Å². The molecule has 2 aliphatic carbocycles. The van der Waals surface area contributed by atoms with E-state index in [0.29, 0.717) is 24.4 Å². The van der Waals surface area contributed by atoms with E-state index < -0.39 is 0 Å². The number of hydrogen-bond donors (Lipinski definition) is 0. The average molecular weight is 152 g/mol. The molecule has 2 rings (SSSR count). The lowest BCUT2D eigenvalue weighted by molar-refractivity contribution is -0.130. The molecular weight excluding hydrogens is 140 g/mol. The minimum Gasteiger partial charge on any atom is -0.299 e. The van der Waals surface area contributed by atoms with Gasteiger partial charge in [-0.1, -0.05) is 0 Å². The highest BCUT2D eigenvalue weighted by Crippen LogP contribution is 2.37. The normalized spacial score (nSPS) is 37.5. The second-order valence-electron chi connectivity index (χ2n) is 3.58. The quantitative estimate of drug-likeness (QED) is 0.524. The third-order valence-electron chi connectivity index (χ3n) is 2.95. The van der Waals surface area contributed by atoms with Crippen molar-refractivity contribution >= 4 is 11.6 Å². The molecule has 0 radical (unpaired) electrons. The molecule has 0 aromatic heterocycles. The Balaban J connectivity index is 2.19. The molecular formula is C9H12O2. The van der Waals surface area contributed by atoms with E-state index in [-0.39, 0.29) is 11.8 Å². The molecule has 2 fully saturated rings. The fourth-order valence-corrected chi connectivity index (χ4v) is 2.34. The summed E-state index contributed by atoms with van der Waals surface area (Å²) in [5.41, 5.74) is 0. The molecule has 0 aliphatic heterocycles. The number of ketones is 2. The highest BCUT2D eigenvalue weighted by atomic mass is 16.1. The molecule has 2 saturated carbocycles. The van der Waals surface area contributed by atoms with Crippen molar-refractivity contribution in [2.75, 3.05) is 0 Å². The Labute approximate surface area is 66.0 Å². The Morgan fingerprint density at radius 3 is 2.27 bits per heavy atom. The molecule has 0 aromatic carbocycles. The van der Waals surface area contributed by atoms with E-state index in [0.717, 1.165) is 19.3 Å². The van der Waals surface area contributed by atoms with Crippen molar-refractivity contribution in [2.45, 2.75) is 32.1 Å². The van der Waals surface area contributed by atoms with Crippen molar-refractivity contribution in [2.24, 2.45) is 11.8 Å². The zero-order valence-electron chi connectivity index (χ0n) is 6.51. The van der Waals surface area contributed by atoms with Gasteiger partial charge in [-0.3, -0.25) is 9.59 Å². The molecule has 0 N–H and O–H groups in total. The summed E-state index contributed by atoms with van der Waals surface area (Å²) in [7, 11) is 0. The van der Waals surface area contributed by atoms with Crippen LogP contribution in [0, 0.1) is 11.8 Å². The maximum absolute atomic E-state index is 11.3. The fourth-order valence-electron chi connectivity index (χ4n) is 2.34. The van der Waals surface area contributed by atoms with Gasteiger partial charge in [0.15, 0.2) is 0 Å². The summed E-state index contributed by atoms with van der Waals surface area (Å²) >= 11 is 0. The van der Waals surface area contributed by atoms with Crippen LogP contribution in [0.15, 0.2) is 0 Å². The van der Waals surface area contributed by atoms with Crippen LogP contribution in [0.25, 0.3) is 0 Å². The van der Waals surface area contributed by atoms with Crippen LogP contribution in [0.5, 0.6) is 0 Å². The highest BCUT2D eigenvalue weighted by Gasteiger charge is 2.40. The summed E-state index contributed by atoms with van der Waals surface area (Å²) in [5.74, 6) is 0.919. The van der Waals surface area contributed by atoms with E-state index in [1.807, 2.05) is 0 Å². The molecule has 2 heteroatoms. The lowest BCUT2D eigenvalue weighted by atomic mass is 9.80. The van der Waals surface area contributed by atoms with Crippen molar-refractivity contribution in [3.8, 4) is 0 Å². The number of hydrogen-bond acceptors (Lipinski definition) is 2. The van der Waals surface area contributed by atoms with Gasteiger partial charge in [0, 0.05) is 24.7 Å². The van der Waals surface area contributed by atoms with Gasteiger partial charge in [-0.25, -0.2) is 0 Å². The first kappa shape index (κ1) is 7.01. The van der Waals surface area contributed by atoms with Gasteiger partial charge in [0.25, 0.3) is 0 Å². The van der Waals surface area contributed by atoms with E-state index in [9.17, 15) is 9.59 Å². The van der Waals surface area contributed by atoms with Crippen LogP contribution in [0.1, 0.15) is 32.1 Å². The SMILES string of the molecule is O=C1CC[C@@H]2C(=O)CCC[C@H]12. The summed E-state index contributed by atoms with van der Waals surface area (Å²) in [6, 6.07) is 0. The number of rotatable bonds is 0. The van der Waals surface area contributed by atoms with E-state index in [1.54, 1.807) is 0 Å². The number of carbonyl (C=O) groups is 2. The van der Waals surface area contributed by atoms with Crippen LogP contribution in [0.4, 0.5) is 0 Å². The second kappa shape index (κ2) is 2.43. The molecule has 0 heterocycles. The van der Waals surface area contributed by atoms with Crippen molar-refractivity contribution in [1.82, 2.24) is 0 Å². The minimum absolute atomic E-state index is 0.122. The van der Waals surface area contributed by atoms with Crippen LogP contribution in [-0.2, 0) is 9.59 Å². The van der Waals surface area contributed by atoms with E-state index >= 15 is 0 Å². The summed E-state index contributed by atoms with van der Waals surface area (Å²) in [6.45, 7) is 0. The number of carbonyl (C=O) groups excluding carboxylic acids is 2. The average Bonchev–Trinajstić information content (AvgIpc) is 2.35. The minimum atomic E-state index is 0.122. The van der Waals surface area contributed by atoms with Gasteiger partial charge >= 0.3 is 0 Å². The van der Waals surface area contributed by atoms with E-state index in [4.69, 9.17) is 0 Å². The number of fused-ring (bicyclic) bond motifs is 1.